The summed E-state index contributed by atoms with van der Waals surface area (Å²) in [4.78, 5) is 2.09. The van der Waals surface area contributed by atoms with Gasteiger partial charge in [-0.1, -0.05) is 12.8 Å². The van der Waals surface area contributed by atoms with Crippen molar-refractivity contribution in [3.8, 4) is 0 Å². The molecule has 2 unspecified atom stereocenters. The monoisotopic (exact) mass is 248 g/mol. The normalized spacial score (nSPS) is 27.2. The van der Waals surface area contributed by atoms with Gasteiger partial charge in [0.2, 0.25) is 0 Å². The van der Waals surface area contributed by atoms with Crippen molar-refractivity contribution in [2.45, 2.75) is 31.7 Å². The molecule has 5 heteroatoms. The lowest BCUT2D eigenvalue weighted by Gasteiger charge is -2.31. The third-order valence-corrected chi connectivity index (χ3v) is 4.28. The first-order chi connectivity index (χ1) is 7.38. The molecule has 0 aromatic heterocycles. The van der Waals surface area contributed by atoms with Crippen LogP contribution in [-0.2, 0) is 9.84 Å². The zero-order chi connectivity index (χ0) is 12.2. The first kappa shape index (κ1) is 13.9. The van der Waals surface area contributed by atoms with Crippen molar-refractivity contribution < 1.29 is 8.42 Å². The van der Waals surface area contributed by atoms with Crippen LogP contribution in [0, 0.1) is 5.92 Å². The molecule has 16 heavy (non-hydrogen) atoms. The molecule has 0 bridgehead atoms. The maximum Gasteiger partial charge on any atom is 0.148 e. The Bertz CT molecular complexity index is 303. The summed E-state index contributed by atoms with van der Waals surface area (Å²) in [6.45, 7) is 1.54. The van der Waals surface area contributed by atoms with Gasteiger partial charge < -0.3 is 10.6 Å². The largest absolute Gasteiger partial charge is 0.327 e. The lowest BCUT2D eigenvalue weighted by atomic mass is 9.85. The van der Waals surface area contributed by atoms with Gasteiger partial charge in [-0.05, 0) is 25.8 Å². The second kappa shape index (κ2) is 5.98. The fraction of sp³-hybridized carbons (Fsp3) is 1.00. The smallest absolute Gasteiger partial charge is 0.148 e. The summed E-state index contributed by atoms with van der Waals surface area (Å²) >= 11 is 0. The van der Waals surface area contributed by atoms with Gasteiger partial charge in [0.1, 0.15) is 9.84 Å². The Morgan fingerprint density at radius 3 is 2.50 bits per heavy atom. The highest BCUT2D eigenvalue weighted by Crippen LogP contribution is 2.23. The highest BCUT2D eigenvalue weighted by Gasteiger charge is 2.22. The summed E-state index contributed by atoms with van der Waals surface area (Å²) in [5.41, 5.74) is 6.06. The number of rotatable bonds is 5. The molecule has 1 aliphatic rings. The van der Waals surface area contributed by atoms with E-state index in [-0.39, 0.29) is 5.75 Å². The van der Waals surface area contributed by atoms with E-state index in [4.69, 9.17) is 5.73 Å². The van der Waals surface area contributed by atoms with E-state index in [9.17, 15) is 8.42 Å². The van der Waals surface area contributed by atoms with Gasteiger partial charge in [0.15, 0.2) is 0 Å². The molecule has 1 fully saturated rings. The van der Waals surface area contributed by atoms with Crippen molar-refractivity contribution in [2.75, 3.05) is 32.1 Å². The first-order valence-electron chi connectivity index (χ1n) is 6.00. The summed E-state index contributed by atoms with van der Waals surface area (Å²) in [5, 5.41) is 0. The number of hydrogen-bond donors (Lipinski definition) is 1. The van der Waals surface area contributed by atoms with Gasteiger partial charge in [0.25, 0.3) is 0 Å². The summed E-state index contributed by atoms with van der Waals surface area (Å²) < 4.78 is 22.1. The van der Waals surface area contributed by atoms with Crippen molar-refractivity contribution in [2.24, 2.45) is 11.7 Å². The van der Waals surface area contributed by atoms with E-state index in [2.05, 4.69) is 4.90 Å². The van der Waals surface area contributed by atoms with Crippen molar-refractivity contribution >= 4 is 9.84 Å². The summed E-state index contributed by atoms with van der Waals surface area (Å²) in [7, 11) is -0.868. The molecule has 1 saturated carbocycles. The van der Waals surface area contributed by atoms with Crippen molar-refractivity contribution in [3.05, 3.63) is 0 Å². The van der Waals surface area contributed by atoms with Gasteiger partial charge in [-0.15, -0.1) is 0 Å². The average molecular weight is 248 g/mol. The standard InChI is InChI=1S/C11H24N2O2S/c1-13(7-8-16(2,14)15)9-10-5-3-4-6-11(10)12/h10-11H,3-9,12H2,1-2H3. The van der Waals surface area contributed by atoms with E-state index in [0.717, 1.165) is 13.0 Å². The minimum atomic E-state index is -2.85. The second-order valence-corrected chi connectivity index (χ2v) is 7.36. The predicted octanol–water partition coefficient (Wildman–Crippen LogP) is 0.480. The van der Waals surface area contributed by atoms with Crippen molar-refractivity contribution in [3.63, 3.8) is 0 Å². The Morgan fingerprint density at radius 1 is 1.31 bits per heavy atom. The molecule has 4 nitrogen and oxygen atoms in total. The Hall–Kier alpha value is -0.130. The van der Waals surface area contributed by atoms with E-state index < -0.39 is 9.84 Å². The maximum absolute atomic E-state index is 11.0. The van der Waals surface area contributed by atoms with E-state index >= 15 is 0 Å². The van der Waals surface area contributed by atoms with E-state index in [1.807, 2.05) is 7.05 Å². The van der Waals surface area contributed by atoms with Crippen LogP contribution in [0.5, 0.6) is 0 Å². The number of hydrogen-bond acceptors (Lipinski definition) is 4. The maximum atomic E-state index is 11.0. The molecule has 0 aliphatic heterocycles. The lowest BCUT2D eigenvalue weighted by Crippen LogP contribution is -2.41. The van der Waals surface area contributed by atoms with E-state index in [1.165, 1.54) is 25.5 Å². The zero-order valence-corrected chi connectivity index (χ0v) is 11.2. The molecule has 0 aromatic carbocycles. The highest BCUT2D eigenvalue weighted by molar-refractivity contribution is 7.90. The van der Waals surface area contributed by atoms with Crippen LogP contribution in [0.25, 0.3) is 0 Å². The van der Waals surface area contributed by atoms with Crippen LogP contribution < -0.4 is 5.73 Å². The molecular weight excluding hydrogens is 224 g/mol. The van der Waals surface area contributed by atoms with Crippen LogP contribution >= 0.6 is 0 Å². The quantitative estimate of drug-likeness (QED) is 0.768. The fourth-order valence-electron chi connectivity index (χ4n) is 2.28. The van der Waals surface area contributed by atoms with Gasteiger partial charge in [-0.3, -0.25) is 0 Å². The molecule has 2 N–H and O–H groups in total. The Morgan fingerprint density at radius 2 is 1.94 bits per heavy atom. The van der Waals surface area contributed by atoms with Crippen molar-refractivity contribution in [1.82, 2.24) is 4.90 Å². The minimum absolute atomic E-state index is 0.242. The van der Waals surface area contributed by atoms with Crippen molar-refractivity contribution in [1.29, 1.82) is 0 Å². The predicted molar refractivity (Wildman–Crippen MR) is 67.1 cm³/mol. The number of nitrogens with two attached hydrogens (primary N) is 1. The second-order valence-electron chi connectivity index (χ2n) is 5.10. The molecule has 1 rings (SSSR count). The van der Waals surface area contributed by atoms with Gasteiger partial charge in [0.05, 0.1) is 5.75 Å². The molecular formula is C11H24N2O2S. The van der Waals surface area contributed by atoms with Gasteiger partial charge in [-0.25, -0.2) is 8.42 Å². The molecule has 0 amide bonds. The van der Waals surface area contributed by atoms with Crippen LogP contribution in [-0.4, -0.2) is 51.5 Å². The Labute approximate surface area is 99.1 Å². The first-order valence-corrected chi connectivity index (χ1v) is 8.06. The summed E-state index contributed by atoms with van der Waals surface area (Å²) in [5.74, 6) is 0.782. The molecule has 0 saturated heterocycles. The Kier molecular flexibility index (Phi) is 5.21. The van der Waals surface area contributed by atoms with Crippen LogP contribution in [0.2, 0.25) is 0 Å². The summed E-state index contributed by atoms with van der Waals surface area (Å²) in [6.07, 6.45) is 6.09. The number of sulfone groups is 1. The van der Waals surface area contributed by atoms with Crippen LogP contribution in [0.3, 0.4) is 0 Å². The average Bonchev–Trinajstić information content (AvgIpc) is 2.18. The fourth-order valence-corrected chi connectivity index (χ4v) is 2.92. The SMILES string of the molecule is CN(CCS(C)(=O)=O)CC1CCCCC1N. The summed E-state index contributed by atoms with van der Waals surface area (Å²) in [6, 6.07) is 0.300. The molecule has 2 atom stereocenters. The highest BCUT2D eigenvalue weighted by atomic mass is 32.2. The Balaban J connectivity index is 2.30. The third kappa shape index (κ3) is 5.27. The van der Waals surface area contributed by atoms with E-state index in [1.54, 1.807) is 0 Å². The molecule has 0 aromatic rings. The number of nitrogens with zero attached hydrogens (tertiary/aromatic N) is 1. The topological polar surface area (TPSA) is 63.4 Å². The van der Waals surface area contributed by atoms with E-state index in [0.29, 0.717) is 18.5 Å². The van der Waals surface area contributed by atoms with Crippen LogP contribution in [0.15, 0.2) is 0 Å². The zero-order valence-electron chi connectivity index (χ0n) is 10.4. The molecule has 96 valence electrons. The third-order valence-electron chi connectivity index (χ3n) is 3.36. The molecule has 0 radical (unpaired) electrons. The van der Waals surface area contributed by atoms with Crippen LogP contribution in [0.1, 0.15) is 25.7 Å². The van der Waals surface area contributed by atoms with Gasteiger partial charge in [0, 0.05) is 25.4 Å². The van der Waals surface area contributed by atoms with Gasteiger partial charge in [-0.2, -0.15) is 0 Å². The van der Waals surface area contributed by atoms with Crippen LogP contribution in [0.4, 0.5) is 0 Å². The molecule has 0 heterocycles. The minimum Gasteiger partial charge on any atom is -0.327 e. The molecule has 0 spiro atoms. The lowest BCUT2D eigenvalue weighted by molar-refractivity contribution is 0.218. The van der Waals surface area contributed by atoms with Gasteiger partial charge >= 0.3 is 0 Å². The molecule has 1 aliphatic carbocycles.